The Balaban J connectivity index is 1.40. The zero-order valence-electron chi connectivity index (χ0n) is 22.7. The van der Waals surface area contributed by atoms with Crippen LogP contribution in [0.4, 0.5) is 0 Å². The van der Waals surface area contributed by atoms with Crippen LogP contribution in [0.1, 0.15) is 40.3 Å². The van der Waals surface area contributed by atoms with Gasteiger partial charge in [0.05, 0.1) is 19.6 Å². The molecule has 6 heteroatoms. The number of ether oxygens (including phenoxy) is 2. The Hall–Kier alpha value is -3.90. The topological polar surface area (TPSA) is 55.8 Å². The van der Waals surface area contributed by atoms with Gasteiger partial charge in [-0.2, -0.15) is 0 Å². The number of rotatable bonds is 5. The molecule has 4 unspecified atom stereocenters. The molecular weight excluding hydrogens is 518 g/mol. The summed E-state index contributed by atoms with van der Waals surface area (Å²) in [5, 5.41) is 1.21. The van der Waals surface area contributed by atoms with Gasteiger partial charge in [0.2, 0.25) is 0 Å². The van der Waals surface area contributed by atoms with Crippen molar-refractivity contribution in [3.63, 3.8) is 0 Å². The highest BCUT2D eigenvalue weighted by molar-refractivity contribution is 7.19. The smallest absolute Gasteiger partial charge is 0.314 e. The number of thiophene rings is 1. The molecule has 1 saturated carbocycles. The van der Waals surface area contributed by atoms with E-state index in [0.717, 1.165) is 12.8 Å². The number of esters is 1. The summed E-state index contributed by atoms with van der Waals surface area (Å²) >= 11 is 1.81. The molecule has 5 nitrogen and oxygen atoms in total. The summed E-state index contributed by atoms with van der Waals surface area (Å²) in [4.78, 5) is 31.3. The van der Waals surface area contributed by atoms with E-state index in [2.05, 4.69) is 61.2 Å². The number of hydrogen-bond acceptors (Lipinski definition) is 5. The van der Waals surface area contributed by atoms with Gasteiger partial charge in [-0.1, -0.05) is 67.2 Å². The van der Waals surface area contributed by atoms with Crippen LogP contribution in [0.3, 0.4) is 0 Å². The van der Waals surface area contributed by atoms with Crippen LogP contribution in [0.15, 0.2) is 85.4 Å². The van der Waals surface area contributed by atoms with Gasteiger partial charge in [0.1, 0.15) is 5.75 Å². The minimum Gasteiger partial charge on any atom is -0.496 e. The van der Waals surface area contributed by atoms with Gasteiger partial charge in [-0.25, -0.2) is 0 Å². The molecule has 0 radical (unpaired) electrons. The van der Waals surface area contributed by atoms with Gasteiger partial charge in [0.15, 0.2) is 0 Å². The van der Waals surface area contributed by atoms with E-state index in [0.29, 0.717) is 30.0 Å². The molecule has 1 amide bonds. The van der Waals surface area contributed by atoms with Crippen LogP contribution in [-0.4, -0.2) is 44.1 Å². The Morgan fingerprint density at radius 3 is 2.55 bits per heavy atom. The molecule has 4 aromatic rings. The molecule has 1 saturated heterocycles. The lowest BCUT2D eigenvalue weighted by Gasteiger charge is -2.59. The molecule has 1 aliphatic heterocycles. The maximum Gasteiger partial charge on any atom is 0.314 e. The molecule has 0 spiro atoms. The Kier molecular flexibility index (Phi) is 5.69. The lowest BCUT2D eigenvalue weighted by atomic mass is 9.43. The van der Waals surface area contributed by atoms with Crippen LogP contribution < -0.4 is 4.74 Å². The number of fused-ring (bicyclic) bond motifs is 2. The number of benzene rings is 3. The van der Waals surface area contributed by atoms with Crippen molar-refractivity contribution >= 4 is 38.9 Å². The summed E-state index contributed by atoms with van der Waals surface area (Å²) < 4.78 is 12.4. The average Bonchev–Trinajstić information content (AvgIpc) is 3.64. The zero-order valence-corrected chi connectivity index (χ0v) is 23.5. The van der Waals surface area contributed by atoms with E-state index < -0.39 is 10.8 Å². The summed E-state index contributed by atoms with van der Waals surface area (Å²) in [7, 11) is 3.07. The van der Waals surface area contributed by atoms with E-state index in [1.807, 2.05) is 40.5 Å². The van der Waals surface area contributed by atoms with Crippen LogP contribution in [0, 0.1) is 11.3 Å². The van der Waals surface area contributed by atoms with Crippen molar-refractivity contribution < 1.29 is 19.1 Å². The Morgan fingerprint density at radius 1 is 1.00 bits per heavy atom. The Morgan fingerprint density at radius 2 is 1.75 bits per heavy atom. The minimum atomic E-state index is -0.839. The summed E-state index contributed by atoms with van der Waals surface area (Å²) in [5.41, 5.74) is 2.31. The third kappa shape index (κ3) is 3.20. The van der Waals surface area contributed by atoms with Gasteiger partial charge >= 0.3 is 5.97 Å². The van der Waals surface area contributed by atoms with E-state index in [4.69, 9.17) is 9.47 Å². The fourth-order valence-electron chi connectivity index (χ4n) is 8.11. The number of methoxy groups -OCH3 is 2. The lowest BCUT2D eigenvalue weighted by molar-refractivity contribution is -0.161. The second-order valence-electron chi connectivity index (χ2n) is 11.2. The Labute approximate surface area is 238 Å². The van der Waals surface area contributed by atoms with Gasteiger partial charge in [-0.05, 0) is 47.6 Å². The van der Waals surface area contributed by atoms with Crippen molar-refractivity contribution in [3.05, 3.63) is 107 Å². The van der Waals surface area contributed by atoms with Crippen molar-refractivity contribution in [2.45, 2.75) is 24.2 Å². The molecule has 202 valence electrons. The van der Waals surface area contributed by atoms with Crippen molar-refractivity contribution in [2.75, 3.05) is 27.3 Å². The van der Waals surface area contributed by atoms with Gasteiger partial charge < -0.3 is 14.4 Å². The number of carbonyl (C=O) groups excluding carboxylic acids is 2. The maximum absolute atomic E-state index is 14.1. The standard InChI is InChI=1S/C34H31NO4S/c1-21(23-11-6-8-14-27(23)38-2)31(36)35-19-29-33(30-18-22-10-4-9-15-28(22)40-30)17-16-26(24-12-5-7-13-25(24)33)34(29,20-35)32(37)39-3/h4-15,18,26,29H,1,16-17,19-20H2,2-3H3. The molecule has 3 aliphatic carbocycles. The first kappa shape index (κ1) is 25.1. The first-order valence-corrected chi connectivity index (χ1v) is 14.6. The minimum absolute atomic E-state index is 0.0188. The highest BCUT2D eigenvalue weighted by Crippen LogP contribution is 2.70. The molecule has 3 aromatic carbocycles. The number of nitrogens with zero attached hydrogens (tertiary/aromatic N) is 1. The first-order chi connectivity index (χ1) is 19.5. The summed E-state index contributed by atoms with van der Waals surface area (Å²) in [5.74, 6) is 0.0743. The second kappa shape index (κ2) is 9.07. The molecular formula is C34H31NO4S. The fraction of sp³-hybridized carbons (Fsp3) is 0.294. The fourth-order valence-corrected chi connectivity index (χ4v) is 9.46. The van der Waals surface area contributed by atoms with E-state index in [1.165, 1.54) is 33.2 Å². The van der Waals surface area contributed by atoms with E-state index >= 15 is 0 Å². The summed E-state index contributed by atoms with van der Waals surface area (Å²) in [6.45, 7) is 4.96. The number of amides is 1. The van der Waals surface area contributed by atoms with Crippen molar-refractivity contribution in [1.82, 2.24) is 4.90 Å². The van der Waals surface area contributed by atoms with Gasteiger partial charge in [0, 0.05) is 51.1 Å². The van der Waals surface area contributed by atoms with E-state index in [-0.39, 0.29) is 23.7 Å². The molecule has 8 rings (SSSR count). The van der Waals surface area contributed by atoms with E-state index in [9.17, 15) is 9.59 Å². The molecule has 2 heterocycles. The van der Waals surface area contributed by atoms with Crippen LogP contribution in [0.2, 0.25) is 0 Å². The van der Waals surface area contributed by atoms with Crippen molar-refractivity contribution in [1.29, 1.82) is 0 Å². The first-order valence-electron chi connectivity index (χ1n) is 13.7. The number of carbonyl (C=O) groups is 2. The van der Waals surface area contributed by atoms with Crippen molar-refractivity contribution in [2.24, 2.45) is 11.3 Å². The number of hydrogen-bond donors (Lipinski definition) is 0. The van der Waals surface area contributed by atoms with Crippen molar-refractivity contribution in [3.8, 4) is 5.75 Å². The quantitative estimate of drug-likeness (QED) is 0.213. The predicted molar refractivity (Wildman–Crippen MR) is 158 cm³/mol. The molecule has 0 N–H and O–H groups in total. The molecule has 4 aliphatic rings. The monoisotopic (exact) mass is 549 g/mol. The molecule has 2 fully saturated rings. The average molecular weight is 550 g/mol. The van der Waals surface area contributed by atoms with Crippen LogP contribution in [-0.2, 0) is 19.7 Å². The van der Waals surface area contributed by atoms with Gasteiger partial charge in [-0.15, -0.1) is 11.3 Å². The van der Waals surface area contributed by atoms with Crippen LogP contribution >= 0.6 is 11.3 Å². The van der Waals surface area contributed by atoms with Crippen LogP contribution in [0.5, 0.6) is 5.75 Å². The number of likely N-dealkylation sites (tertiary alicyclic amines) is 1. The largest absolute Gasteiger partial charge is 0.496 e. The third-order valence-corrected chi connectivity index (χ3v) is 11.0. The van der Waals surface area contributed by atoms with Gasteiger partial charge in [0.25, 0.3) is 5.91 Å². The zero-order chi connectivity index (χ0) is 27.6. The number of para-hydroxylation sites is 1. The normalized spacial score (nSPS) is 26.3. The molecule has 2 bridgehead atoms. The highest BCUT2D eigenvalue weighted by Gasteiger charge is 2.71. The predicted octanol–water partition coefficient (Wildman–Crippen LogP) is 6.42. The molecule has 4 atom stereocenters. The third-order valence-electron chi connectivity index (χ3n) is 9.75. The summed E-state index contributed by atoms with van der Waals surface area (Å²) in [6.07, 6.45) is 1.80. The van der Waals surface area contributed by atoms with E-state index in [1.54, 1.807) is 7.11 Å². The van der Waals surface area contributed by atoms with Crippen LogP contribution in [0.25, 0.3) is 15.7 Å². The molecule has 1 aromatic heterocycles. The SMILES string of the molecule is C=C(C(=O)N1CC2C3(c4cc5ccccc5s4)CCC(c4ccccc43)C2(C(=O)OC)C1)c1ccccc1OC. The highest BCUT2D eigenvalue weighted by atomic mass is 32.1. The Bertz CT molecular complexity index is 1660. The second-order valence-corrected chi connectivity index (χ2v) is 12.3. The molecule has 40 heavy (non-hydrogen) atoms. The lowest BCUT2D eigenvalue weighted by Crippen LogP contribution is -2.60. The van der Waals surface area contributed by atoms with Gasteiger partial charge in [-0.3, -0.25) is 9.59 Å². The summed E-state index contributed by atoms with van der Waals surface area (Å²) in [6, 6.07) is 26.8. The maximum atomic E-state index is 14.1.